The van der Waals surface area contributed by atoms with Crippen LogP contribution in [0.3, 0.4) is 0 Å². The quantitative estimate of drug-likeness (QED) is 0.448. The lowest BCUT2D eigenvalue weighted by Crippen LogP contribution is -2.52. The largest absolute Gasteiger partial charge is 0.314 e. The van der Waals surface area contributed by atoms with Gasteiger partial charge in [-0.05, 0) is 43.4 Å². The molecule has 0 N–H and O–H groups in total. The highest BCUT2D eigenvalue weighted by molar-refractivity contribution is 4.84. The van der Waals surface area contributed by atoms with E-state index in [0.29, 0.717) is 0 Å². The van der Waals surface area contributed by atoms with E-state index < -0.39 is 0 Å². The first-order valence-electron chi connectivity index (χ1n) is 8.36. The predicted molar refractivity (Wildman–Crippen MR) is 84.9 cm³/mol. The number of likely N-dealkylation sites (tertiary alicyclic amines) is 1. The van der Waals surface area contributed by atoms with E-state index in [2.05, 4.69) is 26.7 Å². The fourth-order valence-electron chi connectivity index (χ4n) is 3.35. The number of quaternary nitrogens is 1. The van der Waals surface area contributed by atoms with Gasteiger partial charge in [0.2, 0.25) is 0 Å². The summed E-state index contributed by atoms with van der Waals surface area (Å²) >= 11 is 0. The van der Waals surface area contributed by atoms with Crippen LogP contribution in [0.25, 0.3) is 0 Å². The fraction of sp³-hybridized carbons (Fsp3) is 0.889. The maximum Gasteiger partial charge on any atom is 0.140 e. The van der Waals surface area contributed by atoms with Crippen molar-refractivity contribution in [3.8, 4) is 12.3 Å². The Kier molecular flexibility index (Phi) is 7.54. The van der Waals surface area contributed by atoms with Crippen LogP contribution in [-0.4, -0.2) is 30.7 Å². The lowest BCUT2D eigenvalue weighted by molar-refractivity contribution is -0.926. The molecule has 1 atom stereocenters. The highest BCUT2D eigenvalue weighted by Gasteiger charge is 2.28. The molecule has 19 heavy (non-hydrogen) atoms. The second-order valence-corrected chi connectivity index (χ2v) is 7.15. The topological polar surface area (TPSA) is 0 Å². The van der Waals surface area contributed by atoms with Crippen molar-refractivity contribution in [1.29, 1.82) is 0 Å². The van der Waals surface area contributed by atoms with Gasteiger partial charge in [0.05, 0.1) is 19.6 Å². The summed E-state index contributed by atoms with van der Waals surface area (Å²) in [5.74, 6) is 4.66. The molecule has 1 saturated heterocycles. The summed E-state index contributed by atoms with van der Waals surface area (Å²) < 4.78 is 1.21. The van der Waals surface area contributed by atoms with E-state index in [0.717, 1.165) is 18.4 Å². The molecule has 0 aliphatic carbocycles. The van der Waals surface area contributed by atoms with Crippen LogP contribution < -0.4 is 0 Å². The summed E-state index contributed by atoms with van der Waals surface area (Å²) in [7, 11) is 0. The SMILES string of the molecule is C#CC[N+]1(CCC(C)CCCC(C)C)CCCCC1. The molecule has 1 rings (SSSR count). The van der Waals surface area contributed by atoms with Gasteiger partial charge in [-0.1, -0.05) is 40.0 Å². The third kappa shape index (κ3) is 6.48. The summed E-state index contributed by atoms with van der Waals surface area (Å²) in [5.41, 5.74) is 0. The smallest absolute Gasteiger partial charge is 0.140 e. The molecule has 1 unspecified atom stereocenters. The van der Waals surface area contributed by atoms with Gasteiger partial charge in [0, 0.05) is 0 Å². The van der Waals surface area contributed by atoms with Crippen LogP contribution in [-0.2, 0) is 0 Å². The molecule has 110 valence electrons. The lowest BCUT2D eigenvalue weighted by atomic mass is 9.96. The zero-order valence-electron chi connectivity index (χ0n) is 13.5. The minimum absolute atomic E-state index is 0.856. The van der Waals surface area contributed by atoms with Crippen LogP contribution in [0.1, 0.15) is 65.7 Å². The molecule has 1 aliphatic heterocycles. The zero-order valence-corrected chi connectivity index (χ0v) is 13.5. The average molecular weight is 264 g/mol. The van der Waals surface area contributed by atoms with Gasteiger partial charge in [-0.3, -0.25) is 0 Å². The van der Waals surface area contributed by atoms with Crippen molar-refractivity contribution in [2.24, 2.45) is 11.8 Å². The molecule has 0 bridgehead atoms. The van der Waals surface area contributed by atoms with Crippen molar-refractivity contribution in [3.05, 3.63) is 0 Å². The first-order chi connectivity index (χ1) is 9.08. The second kappa shape index (κ2) is 8.64. The average Bonchev–Trinajstić information content (AvgIpc) is 2.38. The molecule has 1 fully saturated rings. The number of nitrogens with zero attached hydrogens (tertiary/aromatic N) is 1. The summed E-state index contributed by atoms with van der Waals surface area (Å²) in [4.78, 5) is 0. The Morgan fingerprint density at radius 3 is 2.26 bits per heavy atom. The normalized spacial score (nSPS) is 20.2. The minimum Gasteiger partial charge on any atom is -0.314 e. The molecule has 1 aliphatic rings. The predicted octanol–water partition coefficient (Wildman–Crippen LogP) is 4.47. The molecule has 0 spiro atoms. The van der Waals surface area contributed by atoms with E-state index in [1.54, 1.807) is 0 Å². The van der Waals surface area contributed by atoms with Crippen LogP contribution in [0.2, 0.25) is 0 Å². The molecular formula is C18H34N+. The Morgan fingerprint density at radius 1 is 1.00 bits per heavy atom. The monoisotopic (exact) mass is 264 g/mol. The Labute approximate surface area is 121 Å². The van der Waals surface area contributed by atoms with Crippen LogP contribution in [0.5, 0.6) is 0 Å². The molecule has 0 amide bonds. The van der Waals surface area contributed by atoms with Crippen molar-refractivity contribution in [2.75, 3.05) is 26.2 Å². The fourth-order valence-corrected chi connectivity index (χ4v) is 3.35. The Balaban J connectivity index is 2.29. The van der Waals surface area contributed by atoms with Gasteiger partial charge in [-0.2, -0.15) is 0 Å². The standard InChI is InChI=1S/C18H34N/c1-5-13-19(14-7-6-8-15-19)16-12-18(4)11-9-10-17(2)3/h1,17-18H,6-16H2,2-4H3/q+1. The number of rotatable bonds is 8. The summed E-state index contributed by atoms with van der Waals surface area (Å²) in [6.45, 7) is 12.0. The van der Waals surface area contributed by atoms with Crippen LogP contribution in [0.4, 0.5) is 0 Å². The number of piperidine rings is 1. The van der Waals surface area contributed by atoms with Crippen molar-refractivity contribution in [3.63, 3.8) is 0 Å². The van der Waals surface area contributed by atoms with Gasteiger partial charge < -0.3 is 4.48 Å². The van der Waals surface area contributed by atoms with Gasteiger partial charge in [0.25, 0.3) is 0 Å². The molecular weight excluding hydrogens is 230 g/mol. The van der Waals surface area contributed by atoms with Crippen molar-refractivity contribution < 1.29 is 4.48 Å². The highest BCUT2D eigenvalue weighted by atomic mass is 15.3. The Bertz CT molecular complexity index is 268. The number of hydrogen-bond donors (Lipinski definition) is 0. The van der Waals surface area contributed by atoms with Gasteiger partial charge >= 0.3 is 0 Å². The van der Waals surface area contributed by atoms with Gasteiger partial charge in [0.15, 0.2) is 0 Å². The maximum atomic E-state index is 5.60. The summed E-state index contributed by atoms with van der Waals surface area (Å²) in [6, 6.07) is 0. The molecule has 0 aromatic heterocycles. The molecule has 1 heteroatoms. The summed E-state index contributed by atoms with van der Waals surface area (Å²) in [5, 5.41) is 0. The lowest BCUT2D eigenvalue weighted by Gasteiger charge is -2.40. The van der Waals surface area contributed by atoms with Crippen molar-refractivity contribution in [2.45, 2.75) is 65.7 Å². The van der Waals surface area contributed by atoms with Gasteiger partial charge in [-0.15, -0.1) is 6.42 Å². The van der Waals surface area contributed by atoms with Gasteiger partial charge in [-0.25, -0.2) is 0 Å². The third-order valence-corrected chi connectivity index (χ3v) is 4.77. The Morgan fingerprint density at radius 2 is 1.68 bits per heavy atom. The number of terminal acetylenes is 1. The number of hydrogen-bond acceptors (Lipinski definition) is 0. The molecule has 0 radical (unpaired) electrons. The first-order valence-corrected chi connectivity index (χ1v) is 8.36. The van der Waals surface area contributed by atoms with Crippen molar-refractivity contribution >= 4 is 0 Å². The summed E-state index contributed by atoms with van der Waals surface area (Å²) in [6.07, 6.45) is 15.3. The van der Waals surface area contributed by atoms with Crippen LogP contribution in [0.15, 0.2) is 0 Å². The van der Waals surface area contributed by atoms with Crippen LogP contribution in [0, 0.1) is 24.2 Å². The second-order valence-electron chi connectivity index (χ2n) is 7.15. The van der Waals surface area contributed by atoms with E-state index >= 15 is 0 Å². The van der Waals surface area contributed by atoms with E-state index in [-0.39, 0.29) is 0 Å². The van der Waals surface area contributed by atoms with E-state index in [1.165, 1.54) is 69.1 Å². The van der Waals surface area contributed by atoms with E-state index in [1.807, 2.05) is 0 Å². The molecule has 0 aromatic rings. The van der Waals surface area contributed by atoms with E-state index in [9.17, 15) is 0 Å². The molecule has 0 saturated carbocycles. The van der Waals surface area contributed by atoms with Crippen LogP contribution >= 0.6 is 0 Å². The van der Waals surface area contributed by atoms with Crippen molar-refractivity contribution in [1.82, 2.24) is 0 Å². The third-order valence-electron chi connectivity index (χ3n) is 4.77. The first kappa shape index (κ1) is 16.6. The zero-order chi connectivity index (χ0) is 14.1. The maximum absolute atomic E-state index is 5.60. The molecule has 1 heterocycles. The highest BCUT2D eigenvalue weighted by Crippen LogP contribution is 2.22. The van der Waals surface area contributed by atoms with E-state index in [4.69, 9.17) is 6.42 Å². The Hall–Kier alpha value is -0.480. The minimum atomic E-state index is 0.856. The molecule has 0 aromatic carbocycles. The van der Waals surface area contributed by atoms with Gasteiger partial charge in [0.1, 0.15) is 6.54 Å². The molecule has 1 nitrogen and oxygen atoms in total.